The first-order valence-electron chi connectivity index (χ1n) is 5.56. The minimum atomic E-state index is 0.203. The molecule has 1 aliphatic heterocycles. The average molecular weight is 222 g/mol. The van der Waals surface area contributed by atoms with Gasteiger partial charge in [0.15, 0.2) is 0 Å². The van der Waals surface area contributed by atoms with Gasteiger partial charge in [0.1, 0.15) is 5.82 Å². The van der Waals surface area contributed by atoms with Crippen LogP contribution < -0.4 is 10.6 Å². The summed E-state index contributed by atoms with van der Waals surface area (Å²) in [4.78, 5) is 10.8. The molecule has 0 radical (unpaired) electrons. The zero-order valence-corrected chi connectivity index (χ0v) is 9.97. The summed E-state index contributed by atoms with van der Waals surface area (Å²) in [7, 11) is 0. The lowest BCUT2D eigenvalue weighted by atomic mass is 10.2. The van der Waals surface area contributed by atoms with Crippen LogP contribution >= 0.6 is 0 Å². The van der Waals surface area contributed by atoms with E-state index in [0.29, 0.717) is 11.8 Å². The molecule has 0 aliphatic carbocycles. The summed E-state index contributed by atoms with van der Waals surface area (Å²) in [6.45, 7) is 7.67. The lowest BCUT2D eigenvalue weighted by molar-refractivity contribution is -0.00572. The van der Waals surface area contributed by atoms with E-state index in [9.17, 15) is 0 Å². The van der Waals surface area contributed by atoms with E-state index in [1.165, 1.54) is 0 Å². The van der Waals surface area contributed by atoms with Crippen LogP contribution in [0.15, 0.2) is 6.07 Å². The summed E-state index contributed by atoms with van der Waals surface area (Å²) < 4.78 is 5.67. The summed E-state index contributed by atoms with van der Waals surface area (Å²) >= 11 is 0. The minimum Gasteiger partial charge on any atom is -0.384 e. The lowest BCUT2D eigenvalue weighted by Gasteiger charge is -2.35. The first kappa shape index (κ1) is 11.1. The fourth-order valence-corrected chi connectivity index (χ4v) is 2.06. The Morgan fingerprint density at radius 1 is 1.31 bits per heavy atom. The van der Waals surface area contributed by atoms with Gasteiger partial charge in [-0.15, -0.1) is 0 Å². The third-order valence-corrected chi connectivity index (χ3v) is 2.56. The van der Waals surface area contributed by atoms with Crippen LogP contribution in [0.25, 0.3) is 0 Å². The molecule has 2 rings (SSSR count). The van der Waals surface area contributed by atoms with E-state index >= 15 is 0 Å². The Bertz CT molecular complexity index is 352. The highest BCUT2D eigenvalue weighted by atomic mass is 16.5. The third kappa shape index (κ3) is 2.41. The highest BCUT2D eigenvalue weighted by Gasteiger charge is 2.24. The van der Waals surface area contributed by atoms with Crippen molar-refractivity contribution in [1.82, 2.24) is 9.97 Å². The molecule has 88 valence electrons. The molecule has 0 aromatic carbocycles. The molecule has 0 unspecified atom stereocenters. The van der Waals surface area contributed by atoms with Crippen molar-refractivity contribution >= 4 is 11.8 Å². The van der Waals surface area contributed by atoms with Crippen LogP contribution in [0.5, 0.6) is 0 Å². The number of aryl methyl sites for hydroxylation is 1. The SMILES string of the molecule is Cc1cc(N)nc(N2C[C@@H](C)O[C@H](C)C2)n1. The third-order valence-electron chi connectivity index (χ3n) is 2.56. The summed E-state index contributed by atoms with van der Waals surface area (Å²) in [5.74, 6) is 1.23. The predicted molar refractivity (Wildman–Crippen MR) is 63.4 cm³/mol. The number of ether oxygens (including phenoxy) is 1. The Morgan fingerprint density at radius 3 is 2.50 bits per heavy atom. The van der Waals surface area contributed by atoms with Crippen molar-refractivity contribution in [3.63, 3.8) is 0 Å². The first-order chi connectivity index (χ1) is 7.54. The normalized spacial score (nSPS) is 25.8. The van der Waals surface area contributed by atoms with Crippen molar-refractivity contribution in [2.45, 2.75) is 33.0 Å². The van der Waals surface area contributed by atoms with Crippen LogP contribution in [0.3, 0.4) is 0 Å². The number of nitrogen functional groups attached to an aromatic ring is 1. The molecule has 5 heteroatoms. The van der Waals surface area contributed by atoms with Gasteiger partial charge in [-0.1, -0.05) is 0 Å². The van der Waals surface area contributed by atoms with Gasteiger partial charge in [-0.3, -0.25) is 0 Å². The molecule has 1 aliphatic rings. The number of hydrogen-bond acceptors (Lipinski definition) is 5. The summed E-state index contributed by atoms with van der Waals surface area (Å²) in [6.07, 6.45) is 0.406. The topological polar surface area (TPSA) is 64.3 Å². The maximum Gasteiger partial charge on any atom is 0.227 e. The molecule has 2 heterocycles. The van der Waals surface area contributed by atoms with Crippen LogP contribution in [0.4, 0.5) is 11.8 Å². The maximum absolute atomic E-state index is 5.73. The van der Waals surface area contributed by atoms with Crippen LogP contribution in [-0.4, -0.2) is 35.3 Å². The van der Waals surface area contributed by atoms with Gasteiger partial charge in [0.2, 0.25) is 5.95 Å². The fourth-order valence-electron chi connectivity index (χ4n) is 2.06. The van der Waals surface area contributed by atoms with Crippen LogP contribution in [0, 0.1) is 6.92 Å². The quantitative estimate of drug-likeness (QED) is 0.767. The second-order valence-corrected chi connectivity index (χ2v) is 4.40. The van der Waals surface area contributed by atoms with E-state index in [1.807, 2.05) is 6.92 Å². The minimum absolute atomic E-state index is 0.203. The van der Waals surface area contributed by atoms with Gasteiger partial charge in [-0.25, -0.2) is 4.98 Å². The summed E-state index contributed by atoms with van der Waals surface area (Å²) in [6, 6.07) is 1.77. The Morgan fingerprint density at radius 2 is 1.94 bits per heavy atom. The molecule has 2 atom stereocenters. The van der Waals surface area contributed by atoms with E-state index < -0.39 is 0 Å². The Kier molecular flexibility index (Phi) is 2.96. The van der Waals surface area contributed by atoms with E-state index in [0.717, 1.165) is 18.8 Å². The zero-order chi connectivity index (χ0) is 11.7. The number of aromatic nitrogens is 2. The lowest BCUT2D eigenvalue weighted by Crippen LogP contribution is -2.46. The van der Waals surface area contributed by atoms with Crippen molar-refractivity contribution in [2.24, 2.45) is 0 Å². The molecule has 0 bridgehead atoms. The van der Waals surface area contributed by atoms with Crippen molar-refractivity contribution in [3.05, 3.63) is 11.8 Å². The van der Waals surface area contributed by atoms with Crippen molar-refractivity contribution in [1.29, 1.82) is 0 Å². The molecule has 2 N–H and O–H groups in total. The summed E-state index contributed by atoms with van der Waals surface area (Å²) in [5.41, 5.74) is 6.62. The Hall–Kier alpha value is -1.36. The van der Waals surface area contributed by atoms with Gasteiger partial charge in [-0.2, -0.15) is 4.98 Å². The van der Waals surface area contributed by atoms with Gasteiger partial charge >= 0.3 is 0 Å². The second kappa shape index (κ2) is 4.25. The molecule has 0 spiro atoms. The van der Waals surface area contributed by atoms with E-state index in [1.54, 1.807) is 6.07 Å². The Balaban J connectivity index is 2.22. The smallest absolute Gasteiger partial charge is 0.227 e. The van der Waals surface area contributed by atoms with Crippen molar-refractivity contribution in [2.75, 3.05) is 23.7 Å². The van der Waals surface area contributed by atoms with Crippen LogP contribution in [0.2, 0.25) is 0 Å². The molecular weight excluding hydrogens is 204 g/mol. The van der Waals surface area contributed by atoms with Gasteiger partial charge in [0.05, 0.1) is 12.2 Å². The van der Waals surface area contributed by atoms with Gasteiger partial charge < -0.3 is 15.4 Å². The second-order valence-electron chi connectivity index (χ2n) is 4.40. The van der Waals surface area contributed by atoms with Gasteiger partial charge in [0.25, 0.3) is 0 Å². The van der Waals surface area contributed by atoms with E-state index in [2.05, 4.69) is 28.7 Å². The monoisotopic (exact) mass is 222 g/mol. The number of hydrogen-bond donors (Lipinski definition) is 1. The maximum atomic E-state index is 5.73. The van der Waals surface area contributed by atoms with Crippen molar-refractivity contribution < 1.29 is 4.74 Å². The Labute approximate surface area is 95.6 Å². The molecule has 1 aromatic rings. The number of nitrogens with two attached hydrogens (primary N) is 1. The number of rotatable bonds is 1. The molecule has 0 saturated carbocycles. The molecule has 0 amide bonds. The molecule has 1 fully saturated rings. The van der Waals surface area contributed by atoms with E-state index in [-0.39, 0.29) is 12.2 Å². The zero-order valence-electron chi connectivity index (χ0n) is 9.97. The number of nitrogens with zero attached hydrogens (tertiary/aromatic N) is 3. The molecule has 16 heavy (non-hydrogen) atoms. The number of anilines is 2. The summed E-state index contributed by atoms with van der Waals surface area (Å²) in [5, 5.41) is 0. The van der Waals surface area contributed by atoms with Crippen LogP contribution in [0.1, 0.15) is 19.5 Å². The first-order valence-corrected chi connectivity index (χ1v) is 5.56. The molecular formula is C11H18N4O. The average Bonchev–Trinajstić information content (AvgIpc) is 2.14. The van der Waals surface area contributed by atoms with E-state index in [4.69, 9.17) is 10.5 Å². The van der Waals surface area contributed by atoms with Gasteiger partial charge in [0, 0.05) is 24.8 Å². The molecule has 1 aromatic heterocycles. The van der Waals surface area contributed by atoms with Crippen LogP contribution in [-0.2, 0) is 4.74 Å². The standard InChI is InChI=1S/C11H18N4O/c1-7-4-10(12)14-11(13-7)15-5-8(2)16-9(3)6-15/h4,8-9H,5-6H2,1-3H3,(H2,12,13,14)/t8-,9-/m1/s1. The highest BCUT2D eigenvalue weighted by molar-refractivity contribution is 5.40. The predicted octanol–water partition coefficient (Wildman–Crippen LogP) is 0.981. The van der Waals surface area contributed by atoms with Crippen molar-refractivity contribution in [3.8, 4) is 0 Å². The largest absolute Gasteiger partial charge is 0.384 e. The highest BCUT2D eigenvalue weighted by Crippen LogP contribution is 2.17. The molecule has 1 saturated heterocycles. The molecule has 5 nitrogen and oxygen atoms in total. The van der Waals surface area contributed by atoms with Gasteiger partial charge in [-0.05, 0) is 20.8 Å². The fraction of sp³-hybridized carbons (Fsp3) is 0.636. The number of morpholine rings is 1.